The first-order chi connectivity index (χ1) is 11.7. The van der Waals surface area contributed by atoms with E-state index in [2.05, 4.69) is 5.32 Å². The molecule has 2 amide bonds. The van der Waals surface area contributed by atoms with Crippen LogP contribution in [-0.2, 0) is 9.59 Å². The molecule has 0 radical (unpaired) electrons. The number of nitrogens with one attached hydrogen (secondary N) is 1. The lowest BCUT2D eigenvalue weighted by Gasteiger charge is -2.29. The fraction of sp³-hybridized carbons (Fsp3) is 0.579. The maximum Gasteiger partial charge on any atom is 0.226 e. The number of para-hydroxylation sites is 1. The van der Waals surface area contributed by atoms with E-state index in [9.17, 15) is 9.59 Å². The average Bonchev–Trinajstić information content (AvgIpc) is 3.21. The molecule has 0 spiro atoms. The summed E-state index contributed by atoms with van der Waals surface area (Å²) >= 11 is 0. The summed E-state index contributed by atoms with van der Waals surface area (Å²) in [5.41, 5.74) is 0.916. The number of hydrogen-bond acceptors (Lipinski definition) is 3. The van der Waals surface area contributed by atoms with E-state index in [0.29, 0.717) is 6.54 Å². The molecule has 130 valence electrons. The molecule has 1 saturated heterocycles. The highest BCUT2D eigenvalue weighted by molar-refractivity contribution is 5.90. The summed E-state index contributed by atoms with van der Waals surface area (Å²) in [6.07, 6.45) is 4.71. The van der Waals surface area contributed by atoms with E-state index in [-0.39, 0.29) is 36.2 Å². The maximum absolute atomic E-state index is 12.9. The molecule has 0 aromatic heterocycles. The van der Waals surface area contributed by atoms with Gasteiger partial charge in [-0.1, -0.05) is 31.0 Å². The summed E-state index contributed by atoms with van der Waals surface area (Å²) in [6, 6.07) is 7.70. The van der Waals surface area contributed by atoms with Crippen LogP contribution in [0.25, 0.3) is 0 Å². The standard InChI is InChI=1S/C19H26N2O3/c1-3-21-17(22)12-15(19(23)20-13-8-4-5-9-13)18(21)14-10-6-7-11-16(14)24-2/h6-7,10-11,13,15,18H,3-5,8-9,12H2,1-2H3,(H,20,23)/t15-,18+/m1/s1. The second-order valence-electron chi connectivity index (χ2n) is 6.67. The van der Waals surface area contributed by atoms with E-state index in [1.54, 1.807) is 12.0 Å². The Morgan fingerprint density at radius 3 is 2.67 bits per heavy atom. The molecule has 1 aromatic carbocycles. The van der Waals surface area contributed by atoms with Crippen LogP contribution in [0, 0.1) is 5.92 Å². The summed E-state index contributed by atoms with van der Waals surface area (Å²) in [6.45, 7) is 2.55. The summed E-state index contributed by atoms with van der Waals surface area (Å²) in [7, 11) is 1.62. The molecule has 1 heterocycles. The number of rotatable bonds is 5. The van der Waals surface area contributed by atoms with E-state index >= 15 is 0 Å². The molecular weight excluding hydrogens is 304 g/mol. The molecule has 1 saturated carbocycles. The third-order valence-corrected chi connectivity index (χ3v) is 5.27. The zero-order valence-electron chi connectivity index (χ0n) is 14.5. The molecule has 0 bridgehead atoms. The van der Waals surface area contributed by atoms with Gasteiger partial charge in [-0.15, -0.1) is 0 Å². The van der Waals surface area contributed by atoms with Crippen molar-refractivity contribution in [2.75, 3.05) is 13.7 Å². The number of likely N-dealkylation sites (tertiary alicyclic amines) is 1. The minimum atomic E-state index is -0.352. The van der Waals surface area contributed by atoms with E-state index in [0.717, 1.165) is 24.2 Å². The Morgan fingerprint density at radius 2 is 2.00 bits per heavy atom. The van der Waals surface area contributed by atoms with Crippen LogP contribution in [-0.4, -0.2) is 36.4 Å². The van der Waals surface area contributed by atoms with Crippen molar-refractivity contribution in [3.8, 4) is 5.75 Å². The summed E-state index contributed by atoms with van der Waals surface area (Å²) in [5.74, 6) is 0.422. The third-order valence-electron chi connectivity index (χ3n) is 5.27. The molecule has 1 aliphatic heterocycles. The van der Waals surface area contributed by atoms with Gasteiger partial charge in [0.15, 0.2) is 0 Å². The van der Waals surface area contributed by atoms with E-state index in [1.807, 2.05) is 31.2 Å². The van der Waals surface area contributed by atoms with Crippen molar-refractivity contribution in [2.45, 2.75) is 51.1 Å². The van der Waals surface area contributed by atoms with Crippen molar-refractivity contribution >= 4 is 11.8 Å². The predicted molar refractivity (Wildman–Crippen MR) is 91.6 cm³/mol. The lowest BCUT2D eigenvalue weighted by Crippen LogP contribution is -2.40. The van der Waals surface area contributed by atoms with Gasteiger partial charge in [-0.25, -0.2) is 0 Å². The van der Waals surface area contributed by atoms with Crippen LogP contribution in [0.4, 0.5) is 0 Å². The van der Waals surface area contributed by atoms with Gasteiger partial charge in [0.25, 0.3) is 0 Å². The molecule has 0 unspecified atom stereocenters. The second kappa shape index (κ2) is 7.24. The first-order valence-corrected chi connectivity index (χ1v) is 8.88. The van der Waals surface area contributed by atoms with Crippen molar-refractivity contribution in [1.29, 1.82) is 0 Å². The number of benzene rings is 1. The lowest BCUT2D eigenvalue weighted by atomic mass is 9.91. The molecule has 2 atom stereocenters. The van der Waals surface area contributed by atoms with E-state index in [4.69, 9.17) is 4.74 Å². The number of amides is 2. The minimum Gasteiger partial charge on any atom is -0.496 e. The smallest absolute Gasteiger partial charge is 0.226 e. The molecule has 1 aromatic rings. The Labute approximate surface area is 143 Å². The molecule has 5 nitrogen and oxygen atoms in total. The van der Waals surface area contributed by atoms with Crippen molar-refractivity contribution < 1.29 is 14.3 Å². The molecule has 24 heavy (non-hydrogen) atoms. The van der Waals surface area contributed by atoms with Gasteiger partial charge in [-0.05, 0) is 25.8 Å². The van der Waals surface area contributed by atoms with Crippen LogP contribution in [0.3, 0.4) is 0 Å². The van der Waals surface area contributed by atoms with Gasteiger partial charge in [-0.3, -0.25) is 9.59 Å². The lowest BCUT2D eigenvalue weighted by molar-refractivity contribution is -0.129. The number of carbonyl (C=O) groups is 2. The number of hydrogen-bond donors (Lipinski definition) is 1. The number of ether oxygens (including phenoxy) is 1. The Hall–Kier alpha value is -2.04. The zero-order valence-corrected chi connectivity index (χ0v) is 14.5. The topological polar surface area (TPSA) is 58.6 Å². The highest BCUT2D eigenvalue weighted by Gasteiger charge is 2.45. The molecular formula is C19H26N2O3. The van der Waals surface area contributed by atoms with E-state index < -0.39 is 0 Å². The highest BCUT2D eigenvalue weighted by Crippen LogP contribution is 2.41. The van der Waals surface area contributed by atoms with Crippen LogP contribution in [0.15, 0.2) is 24.3 Å². The molecule has 5 heteroatoms. The molecule has 2 fully saturated rings. The summed E-state index contributed by atoms with van der Waals surface area (Å²) < 4.78 is 5.48. The first-order valence-electron chi connectivity index (χ1n) is 8.88. The van der Waals surface area contributed by atoms with Crippen LogP contribution in [0.5, 0.6) is 5.75 Å². The Balaban J connectivity index is 1.88. The van der Waals surface area contributed by atoms with Crippen LogP contribution >= 0.6 is 0 Å². The summed E-state index contributed by atoms with van der Waals surface area (Å²) in [4.78, 5) is 27.1. The third kappa shape index (κ3) is 3.12. The molecule has 2 aliphatic rings. The Bertz CT molecular complexity index is 610. The first kappa shape index (κ1) is 16.8. The fourth-order valence-electron chi connectivity index (χ4n) is 4.07. The Kier molecular flexibility index (Phi) is 5.07. The van der Waals surface area contributed by atoms with Gasteiger partial charge < -0.3 is 15.0 Å². The largest absolute Gasteiger partial charge is 0.496 e. The van der Waals surface area contributed by atoms with Crippen LogP contribution < -0.4 is 10.1 Å². The zero-order chi connectivity index (χ0) is 17.1. The Morgan fingerprint density at radius 1 is 1.29 bits per heavy atom. The van der Waals surface area contributed by atoms with Crippen molar-refractivity contribution in [3.05, 3.63) is 29.8 Å². The van der Waals surface area contributed by atoms with Crippen LogP contribution in [0.1, 0.15) is 50.6 Å². The number of methoxy groups -OCH3 is 1. The van der Waals surface area contributed by atoms with Crippen molar-refractivity contribution in [2.24, 2.45) is 5.92 Å². The van der Waals surface area contributed by atoms with Gasteiger partial charge in [0.05, 0.1) is 19.1 Å². The maximum atomic E-state index is 12.9. The van der Waals surface area contributed by atoms with Gasteiger partial charge >= 0.3 is 0 Å². The average molecular weight is 330 g/mol. The molecule has 3 rings (SSSR count). The summed E-state index contributed by atoms with van der Waals surface area (Å²) in [5, 5.41) is 3.16. The molecule has 1 N–H and O–H groups in total. The second-order valence-corrected chi connectivity index (χ2v) is 6.67. The number of carbonyl (C=O) groups excluding carboxylic acids is 2. The minimum absolute atomic E-state index is 0.00195. The monoisotopic (exact) mass is 330 g/mol. The highest BCUT2D eigenvalue weighted by atomic mass is 16.5. The normalized spacial score (nSPS) is 24.4. The van der Waals surface area contributed by atoms with Gasteiger partial charge in [0, 0.05) is 24.6 Å². The van der Waals surface area contributed by atoms with Gasteiger partial charge in [0.1, 0.15) is 5.75 Å². The quantitative estimate of drug-likeness (QED) is 0.903. The van der Waals surface area contributed by atoms with Crippen LogP contribution in [0.2, 0.25) is 0 Å². The van der Waals surface area contributed by atoms with Crippen molar-refractivity contribution in [1.82, 2.24) is 10.2 Å². The van der Waals surface area contributed by atoms with Gasteiger partial charge in [0.2, 0.25) is 11.8 Å². The molecule has 1 aliphatic carbocycles. The van der Waals surface area contributed by atoms with E-state index in [1.165, 1.54) is 12.8 Å². The van der Waals surface area contributed by atoms with Gasteiger partial charge in [-0.2, -0.15) is 0 Å². The SMILES string of the molecule is CCN1C(=O)C[C@@H](C(=O)NC2CCCC2)[C@@H]1c1ccccc1OC. The number of nitrogens with zero attached hydrogens (tertiary/aromatic N) is 1. The fourth-order valence-corrected chi connectivity index (χ4v) is 4.07. The predicted octanol–water partition coefficient (Wildman–Crippen LogP) is 2.66. The van der Waals surface area contributed by atoms with Crippen molar-refractivity contribution in [3.63, 3.8) is 0 Å².